The summed E-state index contributed by atoms with van der Waals surface area (Å²) < 4.78 is 6.63. The van der Waals surface area contributed by atoms with Gasteiger partial charge in [0.25, 0.3) is 6.20 Å². The van der Waals surface area contributed by atoms with E-state index in [1.807, 2.05) is 19.9 Å². The van der Waals surface area contributed by atoms with Gasteiger partial charge in [-0.05, 0) is 61.7 Å². The Kier molecular flexibility index (Phi) is 5.89. The molecule has 26 heavy (non-hydrogen) atoms. The van der Waals surface area contributed by atoms with Crippen molar-refractivity contribution in [2.45, 2.75) is 57.0 Å². The van der Waals surface area contributed by atoms with E-state index in [1.54, 1.807) is 10.9 Å². The zero-order chi connectivity index (χ0) is 18.5. The lowest BCUT2D eigenvalue weighted by atomic mass is 10.1. The van der Waals surface area contributed by atoms with Gasteiger partial charge in [-0.3, -0.25) is 4.52 Å². The monoisotopic (exact) mass is 371 g/mol. The minimum atomic E-state index is -0.345. The topological polar surface area (TPSA) is 102 Å². The van der Waals surface area contributed by atoms with Crippen molar-refractivity contribution in [1.82, 2.24) is 10.3 Å². The zero-order valence-corrected chi connectivity index (χ0v) is 15.8. The number of hydrogen-bond donors (Lipinski definition) is 0. The summed E-state index contributed by atoms with van der Waals surface area (Å²) in [5.41, 5.74) is 2.75. The van der Waals surface area contributed by atoms with Gasteiger partial charge in [0.1, 0.15) is 11.1 Å². The predicted octanol–water partition coefficient (Wildman–Crippen LogP) is 2.26. The number of rotatable bonds is 5. The molecule has 0 N–H and O–H groups in total. The Bertz CT molecular complexity index is 854. The van der Waals surface area contributed by atoms with Gasteiger partial charge in [0, 0.05) is 11.4 Å². The summed E-state index contributed by atoms with van der Waals surface area (Å²) in [7, 11) is 0. The third kappa shape index (κ3) is 4.41. The van der Waals surface area contributed by atoms with Crippen molar-refractivity contribution < 1.29 is 14.3 Å². The van der Waals surface area contributed by atoms with Crippen LogP contribution in [-0.2, 0) is 12.8 Å². The molecule has 136 valence electrons. The zero-order valence-electron chi connectivity index (χ0n) is 14.9. The first-order chi connectivity index (χ1) is 12.6. The van der Waals surface area contributed by atoms with Crippen LogP contribution in [0.3, 0.4) is 0 Å². The van der Waals surface area contributed by atoms with E-state index >= 15 is 0 Å². The maximum atomic E-state index is 12.1. The van der Waals surface area contributed by atoms with Gasteiger partial charge in [0.05, 0.1) is 5.56 Å². The van der Waals surface area contributed by atoms with Crippen molar-refractivity contribution in [3.8, 4) is 6.07 Å². The molecule has 0 bridgehead atoms. The molecule has 2 aromatic rings. The first kappa shape index (κ1) is 18.4. The van der Waals surface area contributed by atoms with Crippen LogP contribution in [0.4, 0.5) is 5.88 Å². The molecule has 0 atom stereocenters. The predicted molar refractivity (Wildman–Crippen MR) is 95.1 cm³/mol. The maximum Gasteiger partial charge on any atom is 0.320 e. The number of aromatic nitrogens is 3. The van der Waals surface area contributed by atoms with Gasteiger partial charge in [-0.2, -0.15) is 5.26 Å². The molecule has 1 aliphatic carbocycles. The van der Waals surface area contributed by atoms with E-state index in [4.69, 9.17) is 4.52 Å². The molecule has 1 aliphatic rings. The van der Waals surface area contributed by atoms with E-state index in [1.165, 1.54) is 23.7 Å². The number of hydrogen-bond acceptors (Lipinski definition) is 7. The van der Waals surface area contributed by atoms with Crippen LogP contribution in [-0.4, -0.2) is 21.9 Å². The van der Waals surface area contributed by atoms with Crippen LogP contribution in [0.1, 0.15) is 56.0 Å². The number of fused-ring (bicyclic) bond motifs is 1. The van der Waals surface area contributed by atoms with Crippen LogP contribution in [0, 0.1) is 11.3 Å². The van der Waals surface area contributed by atoms with E-state index in [0.29, 0.717) is 10.6 Å². The summed E-state index contributed by atoms with van der Waals surface area (Å²) in [5.74, 6) is -0.0644. The third-order valence-corrected chi connectivity index (χ3v) is 5.18. The summed E-state index contributed by atoms with van der Waals surface area (Å²) in [6.07, 6.45) is 6.93. The summed E-state index contributed by atoms with van der Waals surface area (Å²) in [6, 6.07) is 4.26. The Hall–Kier alpha value is -2.40. The minimum Gasteiger partial charge on any atom is -0.861 e. The Labute approximate surface area is 156 Å². The van der Waals surface area contributed by atoms with Crippen LogP contribution < -0.4 is 9.79 Å². The molecule has 2 heterocycles. The summed E-state index contributed by atoms with van der Waals surface area (Å²) >= 11 is 1.25. The van der Waals surface area contributed by atoms with E-state index in [-0.39, 0.29) is 23.6 Å². The number of pyridine rings is 1. The highest BCUT2D eigenvalue weighted by atomic mass is 32.2. The molecule has 3 rings (SSSR count). The Morgan fingerprint density at radius 2 is 2.23 bits per heavy atom. The van der Waals surface area contributed by atoms with Crippen LogP contribution in [0.5, 0.6) is 0 Å². The Balaban J connectivity index is 1.73. The second-order valence-corrected chi connectivity index (χ2v) is 7.49. The standard InChI is InChI=1S/C18H21N5O2S/c1-12(2)23-10-17(25-22-23)21-16(24)11-26-18-14(9-19)8-13-6-4-3-5-7-15(13)20-18/h8,10,12H,3-7,11H2,1-2H3. The van der Waals surface area contributed by atoms with Crippen molar-refractivity contribution in [2.75, 3.05) is 5.75 Å². The van der Waals surface area contributed by atoms with E-state index in [9.17, 15) is 10.4 Å². The van der Waals surface area contributed by atoms with Gasteiger partial charge in [0.15, 0.2) is 6.04 Å². The molecule has 0 amide bonds. The Morgan fingerprint density at radius 3 is 2.96 bits per heavy atom. The number of aryl methyl sites for hydroxylation is 2. The number of nitriles is 1. The molecule has 0 saturated carbocycles. The molecular formula is C18H21N5O2S. The molecule has 0 aromatic carbocycles. The number of nitrogens with zero attached hydrogens (tertiary/aromatic N) is 5. The van der Waals surface area contributed by atoms with Crippen molar-refractivity contribution in [2.24, 2.45) is 4.99 Å². The lowest BCUT2D eigenvalue weighted by Crippen LogP contribution is -2.36. The van der Waals surface area contributed by atoms with Gasteiger partial charge >= 0.3 is 5.88 Å². The van der Waals surface area contributed by atoms with Crippen LogP contribution in [0.2, 0.25) is 0 Å². The fourth-order valence-corrected chi connectivity index (χ4v) is 3.57. The quantitative estimate of drug-likeness (QED) is 0.263. The van der Waals surface area contributed by atoms with Crippen molar-refractivity contribution in [1.29, 1.82) is 5.26 Å². The first-order valence-corrected chi connectivity index (χ1v) is 9.74. The largest absolute Gasteiger partial charge is 0.861 e. The fraction of sp³-hybridized carbons (Fsp3) is 0.500. The lowest BCUT2D eigenvalue weighted by molar-refractivity contribution is -0.779. The van der Waals surface area contributed by atoms with E-state index in [0.717, 1.165) is 31.4 Å². The summed E-state index contributed by atoms with van der Waals surface area (Å²) in [6.45, 7) is 3.91. The SMILES string of the molecule is CC(C)[n+]1cc(/N=C(\[O-])CSc2nc3c(cc2C#N)CCCCC3)on1. The normalized spacial score (nSPS) is 14.8. The molecule has 2 aromatic heterocycles. The first-order valence-electron chi connectivity index (χ1n) is 8.75. The van der Waals surface area contributed by atoms with Gasteiger partial charge in [-0.1, -0.05) is 18.2 Å². The van der Waals surface area contributed by atoms with Crippen molar-refractivity contribution >= 4 is 23.5 Å². The number of aliphatic imine (C=N–C) groups is 1. The van der Waals surface area contributed by atoms with Gasteiger partial charge in [-0.15, -0.1) is 0 Å². The van der Waals surface area contributed by atoms with E-state index in [2.05, 4.69) is 21.3 Å². The fourth-order valence-electron chi connectivity index (χ4n) is 2.81. The van der Waals surface area contributed by atoms with Crippen LogP contribution >= 0.6 is 11.8 Å². The molecule has 0 saturated heterocycles. The minimum absolute atomic E-state index is 0.100. The molecule has 7 nitrogen and oxygen atoms in total. The van der Waals surface area contributed by atoms with Crippen molar-refractivity contribution in [3.63, 3.8) is 0 Å². The molecule has 0 radical (unpaired) electrons. The maximum absolute atomic E-state index is 12.1. The van der Waals surface area contributed by atoms with Gasteiger partial charge in [0.2, 0.25) is 5.27 Å². The summed E-state index contributed by atoms with van der Waals surface area (Å²) in [4.78, 5) is 8.57. The van der Waals surface area contributed by atoms with Crippen molar-refractivity contribution in [3.05, 3.63) is 29.1 Å². The molecule has 0 aliphatic heterocycles. The number of thioether (sulfide) groups is 1. The van der Waals surface area contributed by atoms with E-state index < -0.39 is 0 Å². The Morgan fingerprint density at radius 1 is 1.42 bits per heavy atom. The lowest BCUT2D eigenvalue weighted by Gasteiger charge is -2.12. The second kappa shape index (κ2) is 8.32. The average Bonchev–Trinajstić information content (AvgIpc) is 2.97. The highest BCUT2D eigenvalue weighted by Gasteiger charge is 2.16. The summed E-state index contributed by atoms with van der Waals surface area (Å²) in [5, 5.41) is 25.9. The second-order valence-electron chi connectivity index (χ2n) is 6.53. The molecule has 0 fully saturated rings. The van der Waals surface area contributed by atoms with Gasteiger partial charge in [-0.25, -0.2) is 9.98 Å². The smallest absolute Gasteiger partial charge is 0.320 e. The molecular weight excluding hydrogens is 350 g/mol. The highest BCUT2D eigenvalue weighted by Crippen LogP contribution is 2.27. The van der Waals surface area contributed by atoms with Crippen LogP contribution in [0.15, 0.2) is 26.8 Å². The third-order valence-electron chi connectivity index (χ3n) is 4.20. The molecule has 0 unspecified atom stereocenters. The highest BCUT2D eigenvalue weighted by molar-refractivity contribution is 7.99. The molecule has 8 heteroatoms. The van der Waals surface area contributed by atoms with Gasteiger partial charge < -0.3 is 5.11 Å². The average molecular weight is 371 g/mol. The van der Waals surface area contributed by atoms with Crippen LogP contribution in [0.25, 0.3) is 0 Å². The molecule has 0 spiro atoms.